The van der Waals surface area contributed by atoms with E-state index in [4.69, 9.17) is 11.6 Å². The molecular weight excluding hydrogens is 414 g/mol. The molecule has 0 radical (unpaired) electrons. The third-order valence-electron chi connectivity index (χ3n) is 4.26. The predicted octanol–water partition coefficient (Wildman–Crippen LogP) is 3.20. The molecule has 2 aromatic heterocycles. The molecule has 0 atom stereocenters. The lowest BCUT2D eigenvalue weighted by molar-refractivity contribution is 0.102. The Morgan fingerprint density at radius 3 is 2.55 bits per heavy atom. The maximum absolute atomic E-state index is 12.8. The molecule has 8 nitrogen and oxygen atoms in total. The van der Waals surface area contributed by atoms with E-state index in [1.165, 1.54) is 22.6 Å². The smallest absolute Gasteiger partial charge is 0.257 e. The summed E-state index contributed by atoms with van der Waals surface area (Å²) < 4.78 is 28.4. The van der Waals surface area contributed by atoms with Gasteiger partial charge in [0.05, 0.1) is 10.6 Å². The Morgan fingerprint density at radius 1 is 1.21 bits per heavy atom. The summed E-state index contributed by atoms with van der Waals surface area (Å²) in [5.74, 6) is 0.156. The molecule has 0 aliphatic heterocycles. The van der Waals surface area contributed by atoms with E-state index >= 15 is 0 Å². The lowest BCUT2D eigenvalue weighted by Crippen LogP contribution is -2.30. The fourth-order valence-corrected chi connectivity index (χ4v) is 4.70. The Labute approximate surface area is 174 Å². The maximum atomic E-state index is 12.8. The summed E-state index contributed by atoms with van der Waals surface area (Å²) in [4.78, 5) is 16.7. The summed E-state index contributed by atoms with van der Waals surface area (Å²) in [5, 5.41) is 6.86. The molecule has 0 aliphatic carbocycles. The first-order valence-electron chi connectivity index (χ1n) is 8.94. The molecule has 10 heteroatoms. The molecule has 2 heterocycles. The van der Waals surface area contributed by atoms with Crippen LogP contribution in [-0.4, -0.2) is 46.5 Å². The SMILES string of the molecule is CCN(CC)S(=O)(=O)c1cc(NC(=O)c2ccc(-n3cccn3)nc2)ccc1Cl. The number of nitrogens with one attached hydrogen (secondary N) is 1. The monoisotopic (exact) mass is 433 g/mol. The van der Waals surface area contributed by atoms with E-state index in [0.717, 1.165) is 0 Å². The molecule has 0 spiro atoms. The van der Waals surface area contributed by atoms with Crippen molar-refractivity contribution >= 4 is 33.2 Å². The summed E-state index contributed by atoms with van der Waals surface area (Å²) in [5.41, 5.74) is 0.644. The number of nitrogens with zero attached hydrogens (tertiary/aromatic N) is 4. The van der Waals surface area contributed by atoms with Gasteiger partial charge in [-0.1, -0.05) is 25.4 Å². The van der Waals surface area contributed by atoms with Crippen LogP contribution in [0.3, 0.4) is 0 Å². The summed E-state index contributed by atoms with van der Waals surface area (Å²) in [7, 11) is -3.76. The van der Waals surface area contributed by atoms with Crippen molar-refractivity contribution in [1.82, 2.24) is 19.1 Å². The minimum atomic E-state index is -3.76. The number of benzene rings is 1. The van der Waals surface area contributed by atoms with Crippen LogP contribution in [0.2, 0.25) is 5.02 Å². The highest BCUT2D eigenvalue weighted by molar-refractivity contribution is 7.89. The van der Waals surface area contributed by atoms with Crippen LogP contribution >= 0.6 is 11.6 Å². The zero-order chi connectivity index (χ0) is 21.0. The number of amides is 1. The van der Waals surface area contributed by atoms with Gasteiger partial charge < -0.3 is 5.32 Å². The molecule has 0 fully saturated rings. The molecular formula is C19H20ClN5O3S. The number of halogens is 1. The van der Waals surface area contributed by atoms with Gasteiger partial charge in [-0.05, 0) is 36.4 Å². The van der Waals surface area contributed by atoms with E-state index < -0.39 is 15.9 Å². The number of hydrogen-bond donors (Lipinski definition) is 1. The van der Waals surface area contributed by atoms with Crippen molar-refractivity contribution in [3.05, 3.63) is 65.6 Å². The average molecular weight is 434 g/mol. The Bertz CT molecular complexity index is 1100. The second-order valence-electron chi connectivity index (χ2n) is 6.04. The molecule has 0 bridgehead atoms. The number of pyridine rings is 1. The van der Waals surface area contributed by atoms with Gasteiger partial charge in [-0.15, -0.1) is 0 Å². The first kappa shape index (κ1) is 21.0. The summed E-state index contributed by atoms with van der Waals surface area (Å²) >= 11 is 6.12. The first-order chi connectivity index (χ1) is 13.9. The van der Waals surface area contributed by atoms with Gasteiger partial charge in [-0.2, -0.15) is 9.40 Å². The van der Waals surface area contributed by atoms with E-state index in [9.17, 15) is 13.2 Å². The molecule has 0 aliphatic rings. The highest BCUT2D eigenvalue weighted by atomic mass is 35.5. The van der Waals surface area contributed by atoms with Crippen molar-refractivity contribution < 1.29 is 13.2 Å². The standard InChI is InChI=1S/C19H20ClN5O3S/c1-3-24(4-2)29(27,28)17-12-15(7-8-16(17)20)23-19(26)14-6-9-18(21-13-14)25-11-5-10-22-25/h5-13H,3-4H2,1-2H3,(H,23,26). The van der Waals surface area contributed by atoms with Gasteiger partial charge in [-0.3, -0.25) is 4.79 Å². The molecule has 3 aromatic rings. The number of aromatic nitrogens is 3. The number of hydrogen-bond acceptors (Lipinski definition) is 5. The summed E-state index contributed by atoms with van der Waals surface area (Å²) in [6, 6.07) is 9.41. The zero-order valence-electron chi connectivity index (χ0n) is 15.9. The van der Waals surface area contributed by atoms with Gasteiger partial charge >= 0.3 is 0 Å². The largest absolute Gasteiger partial charge is 0.322 e. The van der Waals surface area contributed by atoms with Gasteiger partial charge in [0.1, 0.15) is 4.90 Å². The Kier molecular flexibility index (Phi) is 6.31. The Balaban J connectivity index is 1.82. The second-order valence-corrected chi connectivity index (χ2v) is 8.36. The number of sulfonamides is 1. The predicted molar refractivity (Wildman–Crippen MR) is 111 cm³/mol. The Hall–Kier alpha value is -2.75. The normalized spacial score (nSPS) is 11.6. The van der Waals surface area contributed by atoms with E-state index in [0.29, 0.717) is 30.2 Å². The van der Waals surface area contributed by atoms with Gasteiger partial charge in [0.25, 0.3) is 5.91 Å². The van der Waals surface area contributed by atoms with E-state index in [-0.39, 0.29) is 9.92 Å². The van der Waals surface area contributed by atoms with Crippen LogP contribution < -0.4 is 5.32 Å². The molecule has 0 saturated heterocycles. The summed E-state index contributed by atoms with van der Waals surface area (Å²) in [6.07, 6.45) is 4.80. The minimum Gasteiger partial charge on any atom is -0.322 e. The van der Waals surface area contributed by atoms with E-state index in [1.807, 2.05) is 0 Å². The minimum absolute atomic E-state index is 0.0483. The van der Waals surface area contributed by atoms with Crippen molar-refractivity contribution in [3.63, 3.8) is 0 Å². The fourth-order valence-electron chi connectivity index (χ4n) is 2.74. The maximum Gasteiger partial charge on any atom is 0.257 e. The lowest BCUT2D eigenvalue weighted by Gasteiger charge is -2.19. The lowest BCUT2D eigenvalue weighted by atomic mass is 10.2. The van der Waals surface area contributed by atoms with Crippen molar-refractivity contribution in [2.24, 2.45) is 0 Å². The average Bonchev–Trinajstić information content (AvgIpc) is 3.25. The van der Waals surface area contributed by atoms with E-state index in [2.05, 4.69) is 15.4 Å². The van der Waals surface area contributed by atoms with Crippen molar-refractivity contribution in [2.75, 3.05) is 18.4 Å². The van der Waals surface area contributed by atoms with Gasteiger partial charge in [0, 0.05) is 37.4 Å². The van der Waals surface area contributed by atoms with E-state index in [1.54, 1.807) is 55.2 Å². The van der Waals surface area contributed by atoms with Crippen LogP contribution in [0.15, 0.2) is 59.9 Å². The van der Waals surface area contributed by atoms with Crippen LogP contribution in [0.25, 0.3) is 5.82 Å². The molecule has 29 heavy (non-hydrogen) atoms. The molecule has 1 amide bonds. The Morgan fingerprint density at radius 2 is 1.97 bits per heavy atom. The van der Waals surface area contributed by atoms with Crippen LogP contribution in [0.4, 0.5) is 5.69 Å². The highest BCUT2D eigenvalue weighted by Crippen LogP contribution is 2.28. The highest BCUT2D eigenvalue weighted by Gasteiger charge is 2.25. The first-order valence-corrected chi connectivity index (χ1v) is 10.8. The molecule has 3 rings (SSSR count). The van der Waals surface area contributed by atoms with Crippen molar-refractivity contribution in [1.29, 1.82) is 0 Å². The fraction of sp³-hybridized carbons (Fsp3) is 0.211. The number of carbonyl (C=O) groups excluding carboxylic acids is 1. The van der Waals surface area contributed by atoms with Crippen LogP contribution in [-0.2, 0) is 10.0 Å². The number of rotatable bonds is 7. The van der Waals surface area contributed by atoms with Crippen molar-refractivity contribution in [2.45, 2.75) is 18.7 Å². The van der Waals surface area contributed by atoms with Crippen molar-refractivity contribution in [3.8, 4) is 5.82 Å². The van der Waals surface area contributed by atoms with Crippen LogP contribution in [0.5, 0.6) is 0 Å². The van der Waals surface area contributed by atoms with Crippen LogP contribution in [0.1, 0.15) is 24.2 Å². The third kappa shape index (κ3) is 4.47. The molecule has 0 saturated carbocycles. The van der Waals surface area contributed by atoms with Gasteiger partial charge in [0.2, 0.25) is 10.0 Å². The topological polar surface area (TPSA) is 97.2 Å². The molecule has 1 aromatic carbocycles. The number of carbonyl (C=O) groups is 1. The van der Waals surface area contributed by atoms with Gasteiger partial charge in [0.15, 0.2) is 5.82 Å². The molecule has 1 N–H and O–H groups in total. The molecule has 152 valence electrons. The summed E-state index contributed by atoms with van der Waals surface area (Å²) in [6.45, 7) is 4.14. The number of anilines is 1. The molecule has 0 unspecified atom stereocenters. The zero-order valence-corrected chi connectivity index (χ0v) is 17.5. The quantitative estimate of drug-likeness (QED) is 0.617. The van der Waals surface area contributed by atoms with Crippen LogP contribution in [0, 0.1) is 0 Å². The van der Waals surface area contributed by atoms with Gasteiger partial charge in [-0.25, -0.2) is 18.1 Å². The third-order valence-corrected chi connectivity index (χ3v) is 6.79. The second kappa shape index (κ2) is 8.73.